The Kier molecular flexibility index (Phi) is 22.1. The maximum absolute atomic E-state index is 13.9. The Hall–Kier alpha value is -3.24. The van der Waals surface area contributed by atoms with Crippen LogP contribution >= 0.6 is 0 Å². The van der Waals surface area contributed by atoms with Gasteiger partial charge in [-0.2, -0.15) is 0 Å². The second-order valence-electron chi connectivity index (χ2n) is 12.2. The molecule has 2 atom stereocenters. The van der Waals surface area contributed by atoms with Crippen molar-refractivity contribution in [1.29, 1.82) is 0 Å². The molecule has 0 heterocycles. The van der Waals surface area contributed by atoms with Crippen molar-refractivity contribution in [1.82, 2.24) is 10.2 Å². The van der Waals surface area contributed by atoms with Gasteiger partial charge in [0.2, 0.25) is 5.91 Å². The van der Waals surface area contributed by atoms with E-state index in [0.717, 1.165) is 67.6 Å². The van der Waals surface area contributed by atoms with Crippen molar-refractivity contribution in [3.05, 3.63) is 42.0 Å². The average Bonchev–Trinajstić information content (AvgIpc) is 3.06. The van der Waals surface area contributed by atoms with Crippen molar-refractivity contribution in [2.75, 3.05) is 33.9 Å². The maximum Gasteiger partial charge on any atom is 0.336 e. The molecule has 0 aliphatic carbocycles. The van der Waals surface area contributed by atoms with Crippen LogP contribution in [0.4, 0.5) is 4.79 Å². The van der Waals surface area contributed by atoms with E-state index in [1.165, 1.54) is 39.5 Å². The Labute approximate surface area is 282 Å². The van der Waals surface area contributed by atoms with Crippen molar-refractivity contribution in [3.63, 3.8) is 0 Å². The van der Waals surface area contributed by atoms with Crippen LogP contribution in [-0.4, -0.2) is 78.3 Å². The van der Waals surface area contributed by atoms with Crippen LogP contribution in [0.1, 0.15) is 116 Å². The predicted octanol–water partition coefficient (Wildman–Crippen LogP) is 6.87. The smallest absolute Gasteiger partial charge is 0.336 e. The standard InChI is InChI=1S/C37H60N2O8/c1-5-7-9-12-15-18-31(40)19-16-13-10-11-14-17-20-33(37(45,35(42)43)26-29-46-4)34(41)39(36(44)38-3)27-25-30-21-23-32(24-22-30)47-28-8-6-2/h17,20-24,33,45H,5-16,18-19,25-29H2,1-4H3,(H,38,44)(H,42,43)/b20-17+/t33-,37+/m1/s1. The lowest BCUT2D eigenvalue weighted by Crippen LogP contribution is -2.55. The third-order valence-electron chi connectivity index (χ3n) is 8.34. The van der Waals surface area contributed by atoms with Crippen molar-refractivity contribution in [3.8, 4) is 5.75 Å². The van der Waals surface area contributed by atoms with Gasteiger partial charge < -0.3 is 25.0 Å². The number of nitrogens with one attached hydrogen (secondary N) is 1. The highest BCUT2D eigenvalue weighted by molar-refractivity contribution is 5.99. The van der Waals surface area contributed by atoms with Crippen LogP contribution in [0.15, 0.2) is 36.4 Å². The van der Waals surface area contributed by atoms with Crippen LogP contribution in [0.5, 0.6) is 5.75 Å². The number of aliphatic hydroxyl groups is 1. The number of nitrogens with zero attached hydrogens (tertiary/aromatic N) is 1. The summed E-state index contributed by atoms with van der Waals surface area (Å²) in [5, 5.41) is 23.9. The summed E-state index contributed by atoms with van der Waals surface area (Å²) < 4.78 is 10.7. The molecule has 47 heavy (non-hydrogen) atoms. The second-order valence-corrected chi connectivity index (χ2v) is 12.2. The number of urea groups is 1. The summed E-state index contributed by atoms with van der Waals surface area (Å²) in [5.74, 6) is -2.84. The number of ether oxygens (including phenoxy) is 2. The molecule has 1 rings (SSSR count). The summed E-state index contributed by atoms with van der Waals surface area (Å²) in [7, 11) is 2.78. The molecule has 0 bridgehead atoms. The minimum atomic E-state index is -2.48. The van der Waals surface area contributed by atoms with E-state index >= 15 is 0 Å². The van der Waals surface area contributed by atoms with Crippen molar-refractivity contribution >= 4 is 23.7 Å². The van der Waals surface area contributed by atoms with E-state index in [-0.39, 0.29) is 19.6 Å². The Bertz CT molecular complexity index is 1070. The molecule has 1 aromatic carbocycles. The average molecular weight is 661 g/mol. The van der Waals surface area contributed by atoms with Crippen LogP contribution in [0.2, 0.25) is 0 Å². The first-order valence-corrected chi connectivity index (χ1v) is 17.5. The number of carboxylic acids is 1. The maximum atomic E-state index is 13.9. The van der Waals surface area contributed by atoms with Gasteiger partial charge in [-0.15, -0.1) is 0 Å². The molecular formula is C37H60N2O8. The molecule has 0 aliphatic heterocycles. The number of carboxylic acid groups (broad SMARTS) is 1. The van der Waals surface area contributed by atoms with E-state index < -0.39 is 29.4 Å². The van der Waals surface area contributed by atoms with Gasteiger partial charge in [-0.05, 0) is 56.2 Å². The number of allylic oxidation sites excluding steroid dienone is 1. The third-order valence-corrected chi connectivity index (χ3v) is 8.34. The zero-order valence-corrected chi connectivity index (χ0v) is 29.3. The zero-order valence-electron chi connectivity index (χ0n) is 29.3. The summed E-state index contributed by atoms with van der Waals surface area (Å²) in [6, 6.07) is 6.71. The van der Waals surface area contributed by atoms with Crippen LogP contribution < -0.4 is 10.1 Å². The lowest BCUT2D eigenvalue weighted by atomic mass is 9.82. The van der Waals surface area contributed by atoms with Crippen molar-refractivity contribution in [2.45, 2.75) is 122 Å². The Morgan fingerprint density at radius 1 is 0.894 bits per heavy atom. The van der Waals surface area contributed by atoms with E-state index in [1.54, 1.807) is 6.08 Å². The van der Waals surface area contributed by atoms with Crippen LogP contribution in [0.25, 0.3) is 0 Å². The number of hydrogen-bond acceptors (Lipinski definition) is 7. The molecule has 0 spiro atoms. The number of imide groups is 1. The largest absolute Gasteiger partial charge is 0.494 e. The molecule has 0 radical (unpaired) electrons. The molecule has 0 saturated carbocycles. The number of aliphatic carboxylic acids is 1. The number of carbonyl (C=O) groups excluding carboxylic acids is 3. The molecular weight excluding hydrogens is 600 g/mol. The first-order chi connectivity index (χ1) is 22.6. The minimum Gasteiger partial charge on any atom is -0.494 e. The molecule has 0 fully saturated rings. The highest BCUT2D eigenvalue weighted by Gasteiger charge is 2.48. The molecule has 10 nitrogen and oxygen atoms in total. The lowest BCUT2D eigenvalue weighted by Gasteiger charge is -2.33. The molecule has 0 aromatic heterocycles. The number of amides is 3. The van der Waals surface area contributed by atoms with Crippen molar-refractivity contribution < 1.29 is 38.9 Å². The van der Waals surface area contributed by atoms with Gasteiger partial charge in [0.25, 0.3) is 0 Å². The number of rotatable bonds is 27. The van der Waals surface area contributed by atoms with Gasteiger partial charge in [0.15, 0.2) is 5.60 Å². The number of unbranched alkanes of at least 4 members (excludes halogenated alkanes) is 9. The molecule has 3 N–H and O–H groups in total. The fraction of sp³-hybridized carbons (Fsp3) is 0.676. The molecule has 266 valence electrons. The highest BCUT2D eigenvalue weighted by atomic mass is 16.5. The monoisotopic (exact) mass is 660 g/mol. The van der Waals surface area contributed by atoms with Gasteiger partial charge in [-0.1, -0.05) is 83.1 Å². The van der Waals surface area contributed by atoms with Gasteiger partial charge in [0.05, 0.1) is 12.5 Å². The van der Waals surface area contributed by atoms with Gasteiger partial charge in [-0.3, -0.25) is 14.5 Å². The minimum absolute atomic E-state index is 0.0175. The molecule has 0 unspecified atom stereocenters. The van der Waals surface area contributed by atoms with E-state index in [4.69, 9.17) is 9.47 Å². The number of ketones is 1. The molecule has 0 saturated heterocycles. The number of benzene rings is 1. The summed E-state index contributed by atoms with van der Waals surface area (Å²) >= 11 is 0. The SMILES string of the molecule is CCCCCCCC(=O)CCCCCC/C=C/[C@H](C(=O)N(CCc1ccc(OCCCC)cc1)C(=O)NC)[C@@](O)(CCOC)C(=O)O. The molecule has 1 aromatic rings. The number of hydrogen-bond donors (Lipinski definition) is 3. The van der Waals surface area contributed by atoms with Crippen LogP contribution in [-0.2, 0) is 25.5 Å². The van der Waals surface area contributed by atoms with E-state index in [9.17, 15) is 29.4 Å². The van der Waals surface area contributed by atoms with E-state index in [1.807, 2.05) is 24.3 Å². The van der Waals surface area contributed by atoms with E-state index in [2.05, 4.69) is 19.2 Å². The van der Waals surface area contributed by atoms with Gasteiger partial charge >= 0.3 is 12.0 Å². The first kappa shape index (κ1) is 41.8. The third kappa shape index (κ3) is 16.4. The first-order valence-electron chi connectivity index (χ1n) is 17.5. The number of methoxy groups -OCH3 is 1. The Morgan fingerprint density at radius 3 is 2.09 bits per heavy atom. The van der Waals surface area contributed by atoms with Crippen molar-refractivity contribution in [2.24, 2.45) is 5.92 Å². The van der Waals surface area contributed by atoms with Crippen LogP contribution in [0.3, 0.4) is 0 Å². The summed E-state index contributed by atoms with van der Waals surface area (Å²) in [5.41, 5.74) is -1.62. The van der Waals surface area contributed by atoms with Gasteiger partial charge in [0.1, 0.15) is 11.5 Å². The highest BCUT2D eigenvalue weighted by Crippen LogP contribution is 2.27. The predicted molar refractivity (Wildman–Crippen MR) is 185 cm³/mol. The quantitative estimate of drug-likeness (QED) is 0.0686. The Morgan fingerprint density at radius 2 is 1.51 bits per heavy atom. The molecule has 10 heteroatoms. The fourth-order valence-electron chi connectivity index (χ4n) is 5.26. The van der Waals surface area contributed by atoms with E-state index in [0.29, 0.717) is 38.1 Å². The summed E-state index contributed by atoms with van der Waals surface area (Å²) in [4.78, 5) is 52.2. The molecule has 3 amide bonds. The zero-order chi connectivity index (χ0) is 34.9. The summed E-state index contributed by atoms with van der Waals surface area (Å²) in [6.45, 7) is 4.78. The normalized spacial score (nSPS) is 13.2. The number of carbonyl (C=O) groups is 4. The molecule has 0 aliphatic rings. The fourth-order valence-corrected chi connectivity index (χ4v) is 5.26. The Balaban J connectivity index is 2.88. The summed E-state index contributed by atoms with van der Waals surface area (Å²) in [6.07, 6.45) is 16.0. The lowest BCUT2D eigenvalue weighted by molar-refractivity contribution is -0.170. The topological polar surface area (TPSA) is 142 Å². The van der Waals surface area contributed by atoms with Gasteiger partial charge in [-0.25, -0.2) is 9.59 Å². The second kappa shape index (κ2) is 24.9. The van der Waals surface area contributed by atoms with Crippen LogP contribution in [0, 0.1) is 5.92 Å². The number of Topliss-reactive ketones (excluding diaryl/α,β-unsaturated/α-hetero) is 1. The van der Waals surface area contributed by atoms with Gasteiger partial charge in [0, 0.05) is 46.6 Å².